The molecule has 1 aromatic rings. The van der Waals surface area contributed by atoms with Gasteiger partial charge in [0.05, 0.1) is 17.2 Å². The molecule has 0 aromatic heterocycles. The van der Waals surface area contributed by atoms with Crippen LogP contribution in [-0.4, -0.2) is 25.0 Å². The fourth-order valence-corrected chi connectivity index (χ4v) is 1.57. The Labute approximate surface area is 104 Å². The lowest BCUT2D eigenvalue weighted by molar-refractivity contribution is -0.140. The summed E-state index contributed by atoms with van der Waals surface area (Å²) in [7, 11) is 0. The van der Waals surface area contributed by atoms with Crippen molar-refractivity contribution in [3.63, 3.8) is 0 Å². The van der Waals surface area contributed by atoms with Gasteiger partial charge in [-0.25, -0.2) is 0 Å². The van der Waals surface area contributed by atoms with Crippen LogP contribution in [0.15, 0.2) is 18.2 Å². The summed E-state index contributed by atoms with van der Waals surface area (Å²) in [6, 6.07) is 4.82. The molecule has 1 amide bonds. The molecule has 0 aliphatic heterocycles. The van der Waals surface area contributed by atoms with Crippen LogP contribution < -0.4 is 11.1 Å². The number of ether oxygens (including phenoxy) is 1. The summed E-state index contributed by atoms with van der Waals surface area (Å²) in [5.41, 5.74) is 5.78. The minimum absolute atomic E-state index is 0.0472. The van der Waals surface area contributed by atoms with Crippen LogP contribution in [0.1, 0.15) is 17.3 Å². The van der Waals surface area contributed by atoms with E-state index in [2.05, 4.69) is 5.32 Å². The SMILES string of the molecule is CCOC(=O)CNc1cccc(Cl)c1C(N)=O. The topological polar surface area (TPSA) is 81.4 Å². The van der Waals surface area contributed by atoms with Gasteiger partial charge >= 0.3 is 5.97 Å². The standard InChI is InChI=1S/C11H13ClN2O3/c1-2-17-9(15)6-14-8-5-3-4-7(12)10(8)11(13)16/h3-5,14H,2,6H2,1H3,(H2,13,16). The second-order valence-electron chi connectivity index (χ2n) is 3.19. The number of nitrogens with two attached hydrogens (primary N) is 1. The van der Waals surface area contributed by atoms with Crippen LogP contribution in [0.25, 0.3) is 0 Å². The molecule has 0 saturated heterocycles. The third-order valence-electron chi connectivity index (χ3n) is 1.99. The molecular formula is C11H13ClN2O3. The lowest BCUT2D eigenvalue weighted by atomic mass is 10.1. The summed E-state index contributed by atoms with van der Waals surface area (Å²) in [4.78, 5) is 22.3. The molecule has 92 valence electrons. The van der Waals surface area contributed by atoms with Crippen molar-refractivity contribution in [2.24, 2.45) is 5.73 Å². The van der Waals surface area contributed by atoms with E-state index in [0.29, 0.717) is 12.3 Å². The Kier molecular flexibility index (Phi) is 4.78. The number of hydrogen-bond donors (Lipinski definition) is 2. The van der Waals surface area contributed by atoms with Crippen molar-refractivity contribution >= 4 is 29.2 Å². The van der Waals surface area contributed by atoms with Gasteiger partial charge in [-0.3, -0.25) is 9.59 Å². The fourth-order valence-electron chi connectivity index (χ4n) is 1.30. The van der Waals surface area contributed by atoms with Crippen molar-refractivity contribution < 1.29 is 14.3 Å². The Balaban J connectivity index is 2.81. The fraction of sp³-hybridized carbons (Fsp3) is 0.273. The largest absolute Gasteiger partial charge is 0.465 e. The number of hydrogen-bond acceptors (Lipinski definition) is 4. The lowest BCUT2D eigenvalue weighted by Crippen LogP contribution is -2.20. The van der Waals surface area contributed by atoms with Gasteiger partial charge in [0.15, 0.2) is 0 Å². The van der Waals surface area contributed by atoms with E-state index < -0.39 is 11.9 Å². The highest BCUT2D eigenvalue weighted by atomic mass is 35.5. The van der Waals surface area contributed by atoms with E-state index in [1.54, 1.807) is 25.1 Å². The van der Waals surface area contributed by atoms with Gasteiger partial charge in [0, 0.05) is 5.69 Å². The number of rotatable bonds is 5. The Morgan fingerprint density at radius 2 is 2.18 bits per heavy atom. The summed E-state index contributed by atoms with van der Waals surface area (Å²) in [6.45, 7) is 1.97. The minimum atomic E-state index is -0.651. The zero-order chi connectivity index (χ0) is 12.8. The third-order valence-corrected chi connectivity index (χ3v) is 2.30. The predicted octanol–water partition coefficient (Wildman–Crippen LogP) is 1.41. The summed E-state index contributed by atoms with van der Waals surface area (Å²) in [6.07, 6.45) is 0. The van der Waals surface area contributed by atoms with E-state index >= 15 is 0 Å². The molecule has 6 heteroatoms. The summed E-state index contributed by atoms with van der Waals surface area (Å²) in [5, 5.41) is 3.00. The van der Waals surface area contributed by atoms with E-state index in [0.717, 1.165) is 0 Å². The summed E-state index contributed by atoms with van der Waals surface area (Å²) < 4.78 is 4.74. The first-order valence-electron chi connectivity index (χ1n) is 5.04. The molecule has 1 rings (SSSR count). The van der Waals surface area contributed by atoms with Crippen LogP contribution in [0.2, 0.25) is 5.02 Å². The highest BCUT2D eigenvalue weighted by molar-refractivity contribution is 6.34. The Bertz CT molecular complexity index is 435. The first kappa shape index (κ1) is 13.3. The number of nitrogens with one attached hydrogen (secondary N) is 1. The van der Waals surface area contributed by atoms with Crippen LogP contribution in [0.4, 0.5) is 5.69 Å². The minimum Gasteiger partial charge on any atom is -0.465 e. The van der Waals surface area contributed by atoms with Crippen molar-refractivity contribution in [1.82, 2.24) is 0 Å². The molecule has 5 nitrogen and oxygen atoms in total. The molecule has 17 heavy (non-hydrogen) atoms. The lowest BCUT2D eigenvalue weighted by Gasteiger charge is -2.10. The van der Waals surface area contributed by atoms with Crippen LogP contribution >= 0.6 is 11.6 Å². The highest BCUT2D eigenvalue weighted by Crippen LogP contribution is 2.23. The summed E-state index contributed by atoms with van der Waals surface area (Å²) >= 11 is 5.84. The van der Waals surface area contributed by atoms with Crippen LogP contribution in [0.5, 0.6) is 0 Å². The third kappa shape index (κ3) is 3.64. The van der Waals surface area contributed by atoms with E-state index in [4.69, 9.17) is 22.1 Å². The molecule has 0 spiro atoms. The first-order valence-corrected chi connectivity index (χ1v) is 5.41. The van der Waals surface area contributed by atoms with Gasteiger partial charge in [-0.1, -0.05) is 17.7 Å². The molecule has 0 radical (unpaired) electrons. The quantitative estimate of drug-likeness (QED) is 0.781. The van der Waals surface area contributed by atoms with Crippen molar-refractivity contribution in [2.45, 2.75) is 6.92 Å². The number of amides is 1. The maximum Gasteiger partial charge on any atom is 0.325 e. The van der Waals surface area contributed by atoms with Crippen molar-refractivity contribution in [2.75, 3.05) is 18.5 Å². The van der Waals surface area contributed by atoms with E-state index in [-0.39, 0.29) is 17.1 Å². The average molecular weight is 257 g/mol. The molecule has 3 N–H and O–H groups in total. The van der Waals surface area contributed by atoms with E-state index in [1.165, 1.54) is 0 Å². The number of benzene rings is 1. The molecule has 0 aliphatic rings. The zero-order valence-electron chi connectivity index (χ0n) is 9.33. The molecule has 0 bridgehead atoms. The highest BCUT2D eigenvalue weighted by Gasteiger charge is 2.13. The average Bonchev–Trinajstić information content (AvgIpc) is 2.26. The van der Waals surface area contributed by atoms with Crippen LogP contribution in [0, 0.1) is 0 Å². The smallest absolute Gasteiger partial charge is 0.325 e. The van der Waals surface area contributed by atoms with Gasteiger partial charge in [0.2, 0.25) is 0 Å². The molecule has 0 fully saturated rings. The molecule has 0 atom stereocenters. The molecule has 1 aromatic carbocycles. The molecular weight excluding hydrogens is 244 g/mol. The molecule has 0 aliphatic carbocycles. The predicted molar refractivity (Wildman–Crippen MR) is 65.1 cm³/mol. The Morgan fingerprint density at radius 3 is 2.76 bits per heavy atom. The number of halogens is 1. The maximum absolute atomic E-state index is 11.2. The Morgan fingerprint density at radius 1 is 1.47 bits per heavy atom. The van der Waals surface area contributed by atoms with E-state index in [1.807, 2.05) is 0 Å². The molecule has 0 unspecified atom stereocenters. The number of anilines is 1. The number of primary amides is 1. The van der Waals surface area contributed by atoms with Gasteiger partial charge in [-0.05, 0) is 19.1 Å². The molecule has 0 heterocycles. The summed E-state index contributed by atoms with van der Waals surface area (Å²) in [5.74, 6) is -1.06. The number of esters is 1. The van der Waals surface area contributed by atoms with Crippen LogP contribution in [0.3, 0.4) is 0 Å². The zero-order valence-corrected chi connectivity index (χ0v) is 10.1. The monoisotopic (exact) mass is 256 g/mol. The van der Waals surface area contributed by atoms with Gasteiger partial charge in [-0.2, -0.15) is 0 Å². The van der Waals surface area contributed by atoms with Crippen molar-refractivity contribution in [3.05, 3.63) is 28.8 Å². The maximum atomic E-state index is 11.2. The van der Waals surface area contributed by atoms with Crippen molar-refractivity contribution in [1.29, 1.82) is 0 Å². The van der Waals surface area contributed by atoms with Gasteiger partial charge in [-0.15, -0.1) is 0 Å². The first-order chi connectivity index (χ1) is 8.06. The van der Waals surface area contributed by atoms with Crippen molar-refractivity contribution in [3.8, 4) is 0 Å². The Hall–Kier alpha value is -1.75. The normalized spacial score (nSPS) is 9.76. The van der Waals surface area contributed by atoms with Gasteiger partial charge in [0.25, 0.3) is 5.91 Å². The van der Waals surface area contributed by atoms with Gasteiger partial charge in [0.1, 0.15) is 6.54 Å². The van der Waals surface area contributed by atoms with Crippen LogP contribution in [-0.2, 0) is 9.53 Å². The number of carbonyl (C=O) groups excluding carboxylic acids is 2. The molecule has 0 saturated carbocycles. The van der Waals surface area contributed by atoms with Gasteiger partial charge < -0.3 is 15.8 Å². The number of carbonyl (C=O) groups is 2. The second-order valence-corrected chi connectivity index (χ2v) is 3.59. The second kappa shape index (κ2) is 6.10. The van der Waals surface area contributed by atoms with E-state index in [9.17, 15) is 9.59 Å².